The minimum Gasteiger partial charge on any atom is -0.338 e. The van der Waals surface area contributed by atoms with Crippen LogP contribution in [0.3, 0.4) is 0 Å². The SMILES string of the molecule is O=C(NCc1ccccc1-c1ccc(Cn2ccnc2)cc1)NCC1CCS(=O)(=O)C1. The molecule has 4 rings (SSSR count). The second-order valence-corrected chi connectivity index (χ2v) is 10.2. The summed E-state index contributed by atoms with van der Waals surface area (Å²) in [5.74, 6) is 0.381. The number of nitrogens with zero attached hydrogens (tertiary/aromatic N) is 2. The van der Waals surface area contributed by atoms with Gasteiger partial charge in [0.25, 0.3) is 0 Å². The van der Waals surface area contributed by atoms with Crippen LogP contribution in [-0.2, 0) is 22.9 Å². The number of carbonyl (C=O) groups is 1. The molecule has 0 bridgehead atoms. The van der Waals surface area contributed by atoms with Crippen LogP contribution in [0.5, 0.6) is 0 Å². The zero-order chi connectivity index (χ0) is 21.7. The Balaban J connectivity index is 1.34. The van der Waals surface area contributed by atoms with Crippen LogP contribution < -0.4 is 10.6 Å². The highest BCUT2D eigenvalue weighted by atomic mass is 32.2. The van der Waals surface area contributed by atoms with Crippen LogP contribution in [0.25, 0.3) is 11.1 Å². The number of urea groups is 1. The van der Waals surface area contributed by atoms with Gasteiger partial charge >= 0.3 is 6.03 Å². The van der Waals surface area contributed by atoms with Gasteiger partial charge < -0.3 is 15.2 Å². The summed E-state index contributed by atoms with van der Waals surface area (Å²) < 4.78 is 25.1. The molecule has 1 aliphatic heterocycles. The van der Waals surface area contributed by atoms with Crippen molar-refractivity contribution in [2.24, 2.45) is 5.92 Å². The second-order valence-electron chi connectivity index (χ2n) is 7.92. The molecule has 162 valence electrons. The molecule has 1 aliphatic rings. The van der Waals surface area contributed by atoms with Crippen molar-refractivity contribution in [1.82, 2.24) is 20.2 Å². The minimum atomic E-state index is -2.93. The van der Waals surface area contributed by atoms with E-state index < -0.39 is 9.84 Å². The molecule has 1 aromatic heterocycles. The van der Waals surface area contributed by atoms with Crippen LogP contribution >= 0.6 is 0 Å². The molecule has 8 heteroatoms. The number of nitrogens with one attached hydrogen (secondary N) is 2. The number of amides is 2. The average Bonchev–Trinajstić information content (AvgIpc) is 3.40. The van der Waals surface area contributed by atoms with Crippen molar-refractivity contribution in [2.45, 2.75) is 19.5 Å². The van der Waals surface area contributed by atoms with Crippen molar-refractivity contribution in [3.8, 4) is 11.1 Å². The normalized spacial score (nSPS) is 17.4. The van der Waals surface area contributed by atoms with Crippen LogP contribution in [0, 0.1) is 5.92 Å². The average molecular weight is 439 g/mol. The van der Waals surface area contributed by atoms with Crippen LogP contribution in [-0.4, -0.2) is 42.1 Å². The maximum absolute atomic E-state index is 12.2. The van der Waals surface area contributed by atoms with E-state index in [0.29, 0.717) is 19.5 Å². The molecule has 0 spiro atoms. The van der Waals surface area contributed by atoms with Crippen molar-refractivity contribution in [3.05, 3.63) is 78.4 Å². The fourth-order valence-corrected chi connectivity index (χ4v) is 5.71. The molecule has 2 heterocycles. The Morgan fingerprint density at radius 1 is 1.10 bits per heavy atom. The van der Waals surface area contributed by atoms with Crippen LogP contribution in [0.4, 0.5) is 4.79 Å². The van der Waals surface area contributed by atoms with E-state index in [1.165, 1.54) is 5.56 Å². The standard InChI is InChI=1S/C23H26N4O3S/c28-23(25-13-19-9-12-31(29,30)16-19)26-14-21-3-1-2-4-22(21)20-7-5-18(6-8-20)15-27-11-10-24-17-27/h1-8,10-11,17,19H,9,12-16H2,(H2,25,26,28). The number of sulfone groups is 1. The van der Waals surface area contributed by atoms with Gasteiger partial charge in [0.1, 0.15) is 0 Å². The molecule has 1 atom stereocenters. The highest BCUT2D eigenvalue weighted by molar-refractivity contribution is 7.91. The van der Waals surface area contributed by atoms with Crippen molar-refractivity contribution in [1.29, 1.82) is 0 Å². The molecule has 2 N–H and O–H groups in total. The Morgan fingerprint density at radius 3 is 2.61 bits per heavy atom. The summed E-state index contributed by atoms with van der Waals surface area (Å²) in [4.78, 5) is 16.3. The van der Waals surface area contributed by atoms with E-state index in [4.69, 9.17) is 0 Å². The molecule has 31 heavy (non-hydrogen) atoms. The van der Waals surface area contributed by atoms with Crippen LogP contribution in [0.2, 0.25) is 0 Å². The largest absolute Gasteiger partial charge is 0.338 e. The molecule has 1 unspecified atom stereocenters. The van der Waals surface area contributed by atoms with Crippen LogP contribution in [0.1, 0.15) is 17.5 Å². The van der Waals surface area contributed by atoms with E-state index in [9.17, 15) is 13.2 Å². The van der Waals surface area contributed by atoms with Gasteiger partial charge in [0.15, 0.2) is 9.84 Å². The summed E-state index contributed by atoms with van der Waals surface area (Å²) in [5.41, 5.74) is 4.36. The predicted octanol–water partition coefficient (Wildman–Crippen LogP) is 2.83. The molecule has 3 aromatic rings. The van der Waals surface area contributed by atoms with Gasteiger partial charge in [-0.15, -0.1) is 0 Å². The van der Waals surface area contributed by atoms with E-state index in [1.54, 1.807) is 12.5 Å². The summed E-state index contributed by atoms with van der Waals surface area (Å²) in [6.07, 6.45) is 6.11. The highest BCUT2D eigenvalue weighted by Crippen LogP contribution is 2.24. The Labute approximate surface area is 182 Å². The van der Waals surface area contributed by atoms with Gasteiger partial charge in [0.05, 0.1) is 17.8 Å². The molecule has 0 aliphatic carbocycles. The van der Waals surface area contributed by atoms with Crippen molar-refractivity contribution < 1.29 is 13.2 Å². The predicted molar refractivity (Wildman–Crippen MR) is 120 cm³/mol. The number of aromatic nitrogens is 2. The lowest BCUT2D eigenvalue weighted by Crippen LogP contribution is -2.38. The summed E-state index contributed by atoms with van der Waals surface area (Å²) in [5, 5.41) is 5.68. The number of rotatable bonds is 7. The van der Waals surface area contributed by atoms with E-state index >= 15 is 0 Å². The summed E-state index contributed by atoms with van der Waals surface area (Å²) in [6, 6.07) is 16.1. The third-order valence-electron chi connectivity index (χ3n) is 5.52. The summed E-state index contributed by atoms with van der Waals surface area (Å²) in [6.45, 7) is 1.54. The Kier molecular flexibility index (Phi) is 6.36. The summed E-state index contributed by atoms with van der Waals surface area (Å²) in [7, 11) is -2.93. The van der Waals surface area contributed by atoms with Gasteiger partial charge in [0.2, 0.25) is 0 Å². The minimum absolute atomic E-state index is 0.00359. The Bertz CT molecular complexity index is 1130. The fraction of sp³-hybridized carbons (Fsp3) is 0.304. The highest BCUT2D eigenvalue weighted by Gasteiger charge is 2.27. The van der Waals surface area contributed by atoms with Crippen molar-refractivity contribution in [2.75, 3.05) is 18.1 Å². The lowest BCUT2D eigenvalue weighted by molar-refractivity contribution is 0.239. The Hall–Kier alpha value is -3.13. The summed E-state index contributed by atoms with van der Waals surface area (Å²) >= 11 is 0. The third kappa shape index (κ3) is 5.73. The first-order valence-electron chi connectivity index (χ1n) is 10.3. The smallest absolute Gasteiger partial charge is 0.315 e. The lowest BCUT2D eigenvalue weighted by atomic mass is 9.98. The van der Waals surface area contributed by atoms with E-state index in [2.05, 4.69) is 39.9 Å². The fourth-order valence-electron chi connectivity index (χ4n) is 3.84. The zero-order valence-corrected chi connectivity index (χ0v) is 18.0. The first kappa shape index (κ1) is 21.1. The van der Waals surface area contributed by atoms with Gasteiger partial charge in [-0.25, -0.2) is 18.2 Å². The molecule has 7 nitrogen and oxygen atoms in total. The molecule has 2 aromatic carbocycles. The van der Waals surface area contributed by atoms with E-state index in [0.717, 1.165) is 23.2 Å². The molecular weight excluding hydrogens is 412 g/mol. The lowest BCUT2D eigenvalue weighted by Gasteiger charge is -2.13. The zero-order valence-electron chi connectivity index (χ0n) is 17.2. The van der Waals surface area contributed by atoms with Gasteiger partial charge in [-0.3, -0.25) is 0 Å². The van der Waals surface area contributed by atoms with Crippen LogP contribution in [0.15, 0.2) is 67.3 Å². The van der Waals surface area contributed by atoms with Gasteiger partial charge in [0, 0.05) is 32.0 Å². The molecule has 2 amide bonds. The van der Waals surface area contributed by atoms with Crippen molar-refractivity contribution in [3.63, 3.8) is 0 Å². The molecular formula is C23H26N4O3S. The quantitative estimate of drug-likeness (QED) is 0.593. The third-order valence-corrected chi connectivity index (χ3v) is 7.36. The second kappa shape index (κ2) is 9.34. The van der Waals surface area contributed by atoms with E-state index in [1.807, 2.05) is 35.0 Å². The molecule has 0 radical (unpaired) electrons. The number of imidazole rings is 1. The molecule has 1 saturated heterocycles. The molecule has 1 fully saturated rings. The van der Waals surface area contributed by atoms with Gasteiger partial charge in [-0.05, 0) is 34.6 Å². The molecule has 0 saturated carbocycles. The van der Waals surface area contributed by atoms with E-state index in [-0.39, 0.29) is 23.5 Å². The monoisotopic (exact) mass is 438 g/mol. The Morgan fingerprint density at radius 2 is 1.90 bits per heavy atom. The number of benzene rings is 2. The van der Waals surface area contributed by atoms with Crippen molar-refractivity contribution >= 4 is 15.9 Å². The maximum Gasteiger partial charge on any atom is 0.315 e. The van der Waals surface area contributed by atoms with Gasteiger partial charge in [-0.1, -0.05) is 48.5 Å². The first-order chi connectivity index (χ1) is 15.0. The number of carbonyl (C=O) groups excluding carboxylic acids is 1. The number of hydrogen-bond acceptors (Lipinski definition) is 4. The first-order valence-corrected chi connectivity index (χ1v) is 12.2. The number of hydrogen-bond donors (Lipinski definition) is 2. The maximum atomic E-state index is 12.2. The topological polar surface area (TPSA) is 93.1 Å². The van der Waals surface area contributed by atoms with Gasteiger partial charge in [-0.2, -0.15) is 0 Å².